The second-order valence-electron chi connectivity index (χ2n) is 6.18. The van der Waals surface area contributed by atoms with Crippen LogP contribution in [0.2, 0.25) is 0 Å². The first-order valence-corrected chi connectivity index (χ1v) is 8.06. The maximum atomic E-state index is 11.6. The fraction of sp³-hybridized carbons (Fsp3) is 0.812. The van der Waals surface area contributed by atoms with Gasteiger partial charge in [-0.1, -0.05) is 32.9 Å². The maximum absolute atomic E-state index is 11.6. The zero-order valence-electron chi connectivity index (χ0n) is 14.2. The molecule has 0 amide bonds. The zero-order chi connectivity index (χ0) is 16.4. The number of ketones is 1. The van der Waals surface area contributed by atoms with E-state index in [1.807, 2.05) is 20.0 Å². The smallest absolute Gasteiger partial charge is 0.135 e. The fourth-order valence-corrected chi connectivity index (χ4v) is 1.80. The van der Waals surface area contributed by atoms with Crippen molar-refractivity contribution in [3.63, 3.8) is 0 Å². The van der Waals surface area contributed by atoms with Gasteiger partial charge in [-0.05, 0) is 5.92 Å². The highest BCUT2D eigenvalue weighted by Gasteiger charge is 2.09. The van der Waals surface area contributed by atoms with Gasteiger partial charge in [0.15, 0.2) is 0 Å². The normalized spacial score (nSPS) is 11.5. The quantitative estimate of drug-likeness (QED) is 0.553. The SMILES string of the molecule is CC(C)COCCOCCn1cc(CCC(=O)C(C)C)nn1. The average Bonchev–Trinajstić information content (AvgIpc) is 2.91. The molecule has 0 aliphatic rings. The third-order valence-electron chi connectivity index (χ3n) is 3.15. The Hall–Kier alpha value is -1.27. The molecule has 1 aromatic rings. The van der Waals surface area contributed by atoms with E-state index in [-0.39, 0.29) is 11.7 Å². The van der Waals surface area contributed by atoms with Crippen LogP contribution < -0.4 is 0 Å². The van der Waals surface area contributed by atoms with Crippen molar-refractivity contribution < 1.29 is 14.3 Å². The number of aryl methyl sites for hydroxylation is 1. The topological polar surface area (TPSA) is 66.2 Å². The molecule has 0 aromatic carbocycles. The van der Waals surface area contributed by atoms with Crippen LogP contribution in [-0.2, 0) is 27.2 Å². The minimum absolute atomic E-state index is 0.0846. The Morgan fingerprint density at radius 2 is 1.91 bits per heavy atom. The molecule has 126 valence electrons. The van der Waals surface area contributed by atoms with Crippen LogP contribution in [0.5, 0.6) is 0 Å². The van der Waals surface area contributed by atoms with Gasteiger partial charge in [-0.3, -0.25) is 4.79 Å². The van der Waals surface area contributed by atoms with Gasteiger partial charge in [-0.15, -0.1) is 5.10 Å². The second-order valence-corrected chi connectivity index (χ2v) is 6.18. The molecule has 0 fully saturated rings. The van der Waals surface area contributed by atoms with E-state index in [1.54, 1.807) is 4.68 Å². The molecular weight excluding hydrogens is 282 g/mol. The van der Waals surface area contributed by atoms with Gasteiger partial charge in [0.25, 0.3) is 0 Å². The van der Waals surface area contributed by atoms with Gasteiger partial charge in [-0.25, -0.2) is 4.68 Å². The van der Waals surface area contributed by atoms with E-state index in [2.05, 4.69) is 24.2 Å². The highest BCUT2D eigenvalue weighted by atomic mass is 16.5. The largest absolute Gasteiger partial charge is 0.379 e. The first-order chi connectivity index (χ1) is 10.5. The number of carbonyl (C=O) groups excluding carboxylic acids is 1. The molecule has 0 atom stereocenters. The van der Waals surface area contributed by atoms with Gasteiger partial charge in [0.2, 0.25) is 0 Å². The number of hydrogen-bond donors (Lipinski definition) is 0. The summed E-state index contributed by atoms with van der Waals surface area (Å²) in [6.07, 6.45) is 3.06. The van der Waals surface area contributed by atoms with Gasteiger partial charge in [-0.2, -0.15) is 0 Å². The number of rotatable bonds is 12. The molecule has 0 radical (unpaired) electrons. The van der Waals surface area contributed by atoms with Crippen LogP contribution in [0.4, 0.5) is 0 Å². The molecule has 0 spiro atoms. The van der Waals surface area contributed by atoms with E-state index < -0.39 is 0 Å². The molecule has 0 saturated carbocycles. The third-order valence-corrected chi connectivity index (χ3v) is 3.15. The minimum Gasteiger partial charge on any atom is -0.379 e. The van der Waals surface area contributed by atoms with Crippen LogP contribution in [0, 0.1) is 11.8 Å². The number of ether oxygens (including phenoxy) is 2. The minimum atomic E-state index is 0.0846. The Labute approximate surface area is 133 Å². The lowest BCUT2D eigenvalue weighted by molar-refractivity contribution is -0.121. The van der Waals surface area contributed by atoms with Crippen molar-refractivity contribution in [2.24, 2.45) is 11.8 Å². The van der Waals surface area contributed by atoms with Gasteiger partial charge in [0, 0.05) is 31.6 Å². The second kappa shape index (κ2) is 10.5. The van der Waals surface area contributed by atoms with E-state index in [9.17, 15) is 4.79 Å². The summed E-state index contributed by atoms with van der Waals surface area (Å²) in [7, 11) is 0. The molecule has 6 heteroatoms. The lowest BCUT2D eigenvalue weighted by atomic mass is 10.0. The summed E-state index contributed by atoms with van der Waals surface area (Å²) in [5.74, 6) is 0.900. The highest BCUT2D eigenvalue weighted by molar-refractivity contribution is 5.80. The molecule has 0 unspecified atom stereocenters. The number of nitrogens with zero attached hydrogens (tertiary/aromatic N) is 3. The summed E-state index contributed by atoms with van der Waals surface area (Å²) < 4.78 is 12.7. The van der Waals surface area contributed by atoms with Crippen molar-refractivity contribution in [1.29, 1.82) is 0 Å². The van der Waals surface area contributed by atoms with Gasteiger partial charge >= 0.3 is 0 Å². The van der Waals surface area contributed by atoms with Crippen LogP contribution in [0.1, 0.15) is 39.8 Å². The van der Waals surface area contributed by atoms with Crippen molar-refractivity contribution in [3.05, 3.63) is 11.9 Å². The molecule has 0 N–H and O–H groups in total. The Balaban J connectivity index is 2.11. The highest BCUT2D eigenvalue weighted by Crippen LogP contribution is 2.04. The standard InChI is InChI=1S/C16H29N3O3/c1-13(2)12-22-10-9-21-8-7-19-11-15(17-18-19)5-6-16(20)14(3)4/h11,13-14H,5-10,12H2,1-4H3. The number of Topliss-reactive ketones (excluding diaryl/α,β-unsaturated/α-hetero) is 1. The van der Waals surface area contributed by atoms with Gasteiger partial charge in [0.05, 0.1) is 32.1 Å². The third kappa shape index (κ3) is 8.24. The molecule has 6 nitrogen and oxygen atoms in total. The molecule has 0 aliphatic carbocycles. The summed E-state index contributed by atoms with van der Waals surface area (Å²) in [5, 5.41) is 8.12. The Morgan fingerprint density at radius 1 is 1.18 bits per heavy atom. The molecule has 1 rings (SSSR count). The lowest BCUT2D eigenvalue weighted by Crippen LogP contribution is -2.12. The first-order valence-electron chi connectivity index (χ1n) is 8.06. The molecule has 0 saturated heterocycles. The molecule has 0 bridgehead atoms. The number of aromatic nitrogens is 3. The summed E-state index contributed by atoms with van der Waals surface area (Å²) >= 11 is 0. The molecule has 1 aromatic heterocycles. The summed E-state index contributed by atoms with van der Waals surface area (Å²) in [6, 6.07) is 0. The van der Waals surface area contributed by atoms with E-state index in [1.165, 1.54) is 0 Å². The maximum Gasteiger partial charge on any atom is 0.135 e. The van der Waals surface area contributed by atoms with Crippen molar-refractivity contribution >= 4 is 5.78 Å². The van der Waals surface area contributed by atoms with E-state index >= 15 is 0 Å². The van der Waals surface area contributed by atoms with Crippen LogP contribution in [0.15, 0.2) is 6.20 Å². The first kappa shape index (κ1) is 18.8. The van der Waals surface area contributed by atoms with E-state index in [0.29, 0.717) is 45.1 Å². The van der Waals surface area contributed by atoms with Crippen LogP contribution in [0.25, 0.3) is 0 Å². The van der Waals surface area contributed by atoms with Crippen molar-refractivity contribution in [1.82, 2.24) is 15.0 Å². The van der Waals surface area contributed by atoms with Crippen molar-refractivity contribution in [2.75, 3.05) is 26.4 Å². The predicted octanol–water partition coefficient (Wildman–Crippen LogP) is 2.12. The summed E-state index contributed by atoms with van der Waals surface area (Å²) in [5.41, 5.74) is 0.856. The number of hydrogen-bond acceptors (Lipinski definition) is 5. The number of carbonyl (C=O) groups is 1. The van der Waals surface area contributed by atoms with Crippen molar-refractivity contribution in [2.45, 2.75) is 47.1 Å². The van der Waals surface area contributed by atoms with Crippen molar-refractivity contribution in [3.8, 4) is 0 Å². The van der Waals surface area contributed by atoms with E-state index in [0.717, 1.165) is 12.3 Å². The van der Waals surface area contributed by atoms with Gasteiger partial charge < -0.3 is 9.47 Å². The monoisotopic (exact) mass is 311 g/mol. The van der Waals surface area contributed by atoms with Crippen LogP contribution in [0.3, 0.4) is 0 Å². The molecular formula is C16H29N3O3. The predicted molar refractivity (Wildman–Crippen MR) is 84.7 cm³/mol. The molecule has 1 heterocycles. The molecule has 0 aliphatic heterocycles. The summed E-state index contributed by atoms with van der Waals surface area (Å²) in [4.78, 5) is 11.6. The van der Waals surface area contributed by atoms with E-state index in [4.69, 9.17) is 9.47 Å². The average molecular weight is 311 g/mol. The fourth-order valence-electron chi connectivity index (χ4n) is 1.80. The zero-order valence-corrected chi connectivity index (χ0v) is 14.2. The van der Waals surface area contributed by atoms with Gasteiger partial charge in [0.1, 0.15) is 5.78 Å². The van der Waals surface area contributed by atoms with Crippen LogP contribution in [-0.4, -0.2) is 47.2 Å². The van der Waals surface area contributed by atoms with Crippen LogP contribution >= 0.6 is 0 Å². The lowest BCUT2D eigenvalue weighted by Gasteiger charge is -2.07. The Kier molecular flexibility index (Phi) is 8.92. The Bertz CT molecular complexity index is 430. The molecule has 22 heavy (non-hydrogen) atoms. The summed E-state index contributed by atoms with van der Waals surface area (Å²) in [6.45, 7) is 11.3. The Morgan fingerprint density at radius 3 is 2.59 bits per heavy atom.